The van der Waals surface area contributed by atoms with Crippen molar-refractivity contribution in [1.82, 2.24) is 0 Å². The van der Waals surface area contributed by atoms with E-state index in [0.29, 0.717) is 22.3 Å². The van der Waals surface area contributed by atoms with Gasteiger partial charge in [0.15, 0.2) is 5.78 Å². The van der Waals surface area contributed by atoms with E-state index in [-0.39, 0.29) is 18.0 Å². The van der Waals surface area contributed by atoms with Gasteiger partial charge in [-0.2, -0.15) is 13.2 Å². The van der Waals surface area contributed by atoms with Gasteiger partial charge in [-0.1, -0.05) is 24.3 Å². The molecular formula is C18H17F3O2. The zero-order valence-corrected chi connectivity index (χ0v) is 13.1. The lowest BCUT2D eigenvalue weighted by molar-refractivity contribution is -0.137. The number of rotatable bonds is 4. The van der Waals surface area contributed by atoms with Crippen LogP contribution in [0.3, 0.4) is 0 Å². The number of halogens is 3. The Morgan fingerprint density at radius 2 is 1.74 bits per heavy atom. The molecule has 0 aliphatic carbocycles. The molecule has 2 rings (SSSR count). The number of aryl methyl sites for hydroxylation is 1. The van der Waals surface area contributed by atoms with Gasteiger partial charge in [0.25, 0.3) is 0 Å². The van der Waals surface area contributed by atoms with Gasteiger partial charge in [-0.25, -0.2) is 0 Å². The van der Waals surface area contributed by atoms with Gasteiger partial charge in [-0.15, -0.1) is 0 Å². The number of hydrogen-bond acceptors (Lipinski definition) is 2. The number of Topliss-reactive ketones (excluding diaryl/α,β-unsaturated/α-hetero) is 1. The summed E-state index contributed by atoms with van der Waals surface area (Å²) in [6, 6.07) is 8.90. The molecule has 0 aliphatic rings. The number of carbonyl (C=O) groups excluding carboxylic acids is 1. The molecule has 0 N–H and O–H groups in total. The molecule has 0 radical (unpaired) electrons. The minimum Gasteiger partial charge on any atom is -0.380 e. The molecule has 0 atom stereocenters. The smallest absolute Gasteiger partial charge is 0.380 e. The molecule has 0 aromatic heterocycles. The summed E-state index contributed by atoms with van der Waals surface area (Å²) < 4.78 is 45.1. The normalized spacial score (nSPS) is 11.6. The van der Waals surface area contributed by atoms with E-state index in [2.05, 4.69) is 0 Å². The summed E-state index contributed by atoms with van der Waals surface area (Å²) in [7, 11) is 1.44. The number of ether oxygens (including phenoxy) is 1. The predicted molar refractivity (Wildman–Crippen MR) is 82.3 cm³/mol. The second-order valence-electron chi connectivity index (χ2n) is 5.40. The number of methoxy groups -OCH3 is 1. The first-order valence-electron chi connectivity index (χ1n) is 7.05. The average molecular weight is 322 g/mol. The van der Waals surface area contributed by atoms with Crippen molar-refractivity contribution in [2.75, 3.05) is 7.11 Å². The molecule has 0 spiro atoms. The summed E-state index contributed by atoms with van der Waals surface area (Å²) in [6.07, 6.45) is -4.47. The van der Waals surface area contributed by atoms with Crippen LogP contribution < -0.4 is 0 Å². The Morgan fingerprint density at radius 1 is 1.09 bits per heavy atom. The van der Waals surface area contributed by atoms with Crippen LogP contribution in [-0.2, 0) is 17.5 Å². The molecule has 0 amide bonds. The Morgan fingerprint density at radius 3 is 2.26 bits per heavy atom. The van der Waals surface area contributed by atoms with E-state index < -0.39 is 11.7 Å². The molecule has 5 heteroatoms. The molecule has 0 heterocycles. The summed E-state index contributed by atoms with van der Waals surface area (Å²) in [6.45, 7) is 3.24. The van der Waals surface area contributed by atoms with Crippen molar-refractivity contribution in [2.24, 2.45) is 0 Å². The molecule has 0 saturated heterocycles. The quantitative estimate of drug-likeness (QED) is 0.738. The highest BCUT2D eigenvalue weighted by Gasteiger charge is 2.34. The standard InChI is InChI=1S/C18H17F3O2/c1-11-8-14(12(2)22)5-7-15(11)16-6-4-13(10-23-3)9-17(16)18(19,20)21/h4-9H,10H2,1-3H3. The van der Waals surface area contributed by atoms with Gasteiger partial charge in [-0.05, 0) is 48.2 Å². The second-order valence-corrected chi connectivity index (χ2v) is 5.40. The molecule has 0 saturated carbocycles. The van der Waals surface area contributed by atoms with Gasteiger partial charge in [0.05, 0.1) is 12.2 Å². The van der Waals surface area contributed by atoms with E-state index in [0.717, 1.165) is 6.07 Å². The van der Waals surface area contributed by atoms with E-state index in [9.17, 15) is 18.0 Å². The lowest BCUT2D eigenvalue weighted by Crippen LogP contribution is -2.09. The summed E-state index contributed by atoms with van der Waals surface area (Å²) in [5, 5.41) is 0. The van der Waals surface area contributed by atoms with Crippen LogP contribution in [0.25, 0.3) is 11.1 Å². The minimum absolute atomic E-state index is 0.102. The molecule has 0 aliphatic heterocycles. The number of hydrogen-bond donors (Lipinski definition) is 0. The van der Waals surface area contributed by atoms with Crippen molar-refractivity contribution >= 4 is 5.78 Å². The maximum atomic E-state index is 13.4. The molecule has 0 bridgehead atoms. The maximum Gasteiger partial charge on any atom is 0.417 e. The molecule has 122 valence electrons. The number of ketones is 1. The minimum atomic E-state index is -4.47. The third-order valence-electron chi connectivity index (χ3n) is 3.62. The third-order valence-corrected chi connectivity index (χ3v) is 3.62. The van der Waals surface area contributed by atoms with E-state index in [1.807, 2.05) is 0 Å². The van der Waals surface area contributed by atoms with Gasteiger partial charge in [0.1, 0.15) is 0 Å². The fourth-order valence-corrected chi connectivity index (χ4v) is 2.50. The van der Waals surface area contributed by atoms with Crippen LogP contribution in [-0.4, -0.2) is 12.9 Å². The first-order chi connectivity index (χ1) is 10.7. The number of benzene rings is 2. The fourth-order valence-electron chi connectivity index (χ4n) is 2.50. The van der Waals surface area contributed by atoms with Crippen molar-refractivity contribution in [3.63, 3.8) is 0 Å². The van der Waals surface area contributed by atoms with Crippen molar-refractivity contribution in [3.8, 4) is 11.1 Å². The van der Waals surface area contributed by atoms with Crippen LogP contribution in [0.1, 0.15) is 34.0 Å². The third kappa shape index (κ3) is 3.79. The van der Waals surface area contributed by atoms with Crippen molar-refractivity contribution in [2.45, 2.75) is 26.6 Å². The van der Waals surface area contributed by atoms with Crippen LogP contribution in [0.15, 0.2) is 36.4 Å². The summed E-state index contributed by atoms with van der Waals surface area (Å²) >= 11 is 0. The van der Waals surface area contributed by atoms with Crippen LogP contribution in [0.4, 0.5) is 13.2 Å². The maximum absolute atomic E-state index is 13.4. The Bertz CT molecular complexity index is 734. The average Bonchev–Trinajstić information content (AvgIpc) is 2.46. The first-order valence-corrected chi connectivity index (χ1v) is 7.05. The summed E-state index contributed by atoms with van der Waals surface area (Å²) in [4.78, 5) is 11.4. The van der Waals surface area contributed by atoms with Crippen LogP contribution in [0.2, 0.25) is 0 Å². The lowest BCUT2D eigenvalue weighted by atomic mass is 9.92. The number of carbonyl (C=O) groups is 1. The largest absolute Gasteiger partial charge is 0.417 e. The zero-order valence-electron chi connectivity index (χ0n) is 13.1. The fraction of sp³-hybridized carbons (Fsp3) is 0.278. The SMILES string of the molecule is COCc1ccc(-c2ccc(C(C)=O)cc2C)c(C(F)(F)F)c1. The molecule has 2 aromatic carbocycles. The molecule has 2 nitrogen and oxygen atoms in total. The molecule has 2 aromatic rings. The molecule has 23 heavy (non-hydrogen) atoms. The van der Waals surface area contributed by atoms with E-state index in [1.165, 1.54) is 20.1 Å². The van der Waals surface area contributed by atoms with Gasteiger partial charge in [0.2, 0.25) is 0 Å². The van der Waals surface area contributed by atoms with E-state index >= 15 is 0 Å². The summed E-state index contributed by atoms with van der Waals surface area (Å²) in [5.41, 5.74) is 1.43. The Hall–Kier alpha value is -2.14. The Labute approximate surface area is 132 Å². The zero-order chi connectivity index (χ0) is 17.2. The highest BCUT2D eigenvalue weighted by atomic mass is 19.4. The monoisotopic (exact) mass is 322 g/mol. The van der Waals surface area contributed by atoms with Gasteiger partial charge in [0, 0.05) is 12.7 Å². The molecule has 0 fully saturated rings. The van der Waals surface area contributed by atoms with Crippen LogP contribution in [0.5, 0.6) is 0 Å². The van der Waals surface area contributed by atoms with Crippen molar-refractivity contribution in [3.05, 3.63) is 58.7 Å². The van der Waals surface area contributed by atoms with Crippen LogP contribution in [0, 0.1) is 6.92 Å². The second kappa shape index (κ2) is 6.54. The first kappa shape index (κ1) is 17.2. The van der Waals surface area contributed by atoms with Gasteiger partial charge < -0.3 is 4.74 Å². The molecule has 0 unspecified atom stereocenters. The van der Waals surface area contributed by atoms with E-state index in [1.54, 1.807) is 31.2 Å². The highest BCUT2D eigenvalue weighted by Crippen LogP contribution is 2.39. The topological polar surface area (TPSA) is 26.3 Å². The van der Waals surface area contributed by atoms with Gasteiger partial charge in [-0.3, -0.25) is 4.79 Å². The van der Waals surface area contributed by atoms with E-state index in [4.69, 9.17) is 4.74 Å². The molecular weight excluding hydrogens is 305 g/mol. The highest BCUT2D eigenvalue weighted by molar-refractivity contribution is 5.95. The van der Waals surface area contributed by atoms with Gasteiger partial charge >= 0.3 is 6.18 Å². The van der Waals surface area contributed by atoms with Crippen LogP contribution >= 0.6 is 0 Å². The predicted octanol–water partition coefficient (Wildman–Crippen LogP) is 5.03. The van der Waals surface area contributed by atoms with Crippen molar-refractivity contribution < 1.29 is 22.7 Å². The number of alkyl halides is 3. The van der Waals surface area contributed by atoms with Crippen molar-refractivity contribution in [1.29, 1.82) is 0 Å². The summed E-state index contributed by atoms with van der Waals surface area (Å²) in [5.74, 6) is -0.119. The Balaban J connectivity index is 2.61. The Kier molecular flexibility index (Phi) is 4.90. The lowest BCUT2D eigenvalue weighted by Gasteiger charge is -2.16.